The molecule has 1 aromatic heterocycles. The molecular weight excluding hydrogens is 410 g/mol. The van der Waals surface area contributed by atoms with Crippen LogP contribution in [0.3, 0.4) is 0 Å². The van der Waals surface area contributed by atoms with Gasteiger partial charge >= 0.3 is 6.09 Å². The summed E-state index contributed by atoms with van der Waals surface area (Å²) in [5.74, 6) is 1.03. The van der Waals surface area contributed by atoms with E-state index in [9.17, 15) is 9.59 Å². The normalized spacial score (nSPS) is 36.6. The van der Waals surface area contributed by atoms with Crippen molar-refractivity contribution in [1.82, 2.24) is 9.88 Å². The number of hydrogen-bond donors (Lipinski definition) is 1. The number of ether oxygens (including phenoxy) is 1. The van der Waals surface area contributed by atoms with Crippen LogP contribution in [0.25, 0.3) is 10.2 Å². The molecule has 0 radical (unpaired) electrons. The zero-order valence-corrected chi connectivity index (χ0v) is 18.5. The third-order valence-corrected chi connectivity index (χ3v) is 9.51. The SMILES string of the molecule is NC(=O)C12CCC3CC(CC(C1)C3OC(=O)N1CCCC1c1nc3ccccc3s1)C2. The number of thiazole rings is 1. The summed E-state index contributed by atoms with van der Waals surface area (Å²) in [7, 11) is 0. The molecule has 2 aromatic rings. The third kappa shape index (κ3) is 3.15. The highest BCUT2D eigenvalue weighted by molar-refractivity contribution is 7.18. The number of aromatic nitrogens is 1. The van der Waals surface area contributed by atoms with Crippen molar-refractivity contribution in [3.05, 3.63) is 29.3 Å². The second kappa shape index (κ2) is 7.19. The molecule has 4 bridgehead atoms. The van der Waals surface area contributed by atoms with E-state index in [0.717, 1.165) is 73.1 Å². The molecule has 4 saturated carbocycles. The lowest BCUT2D eigenvalue weighted by atomic mass is 9.60. The Kier molecular flexibility index (Phi) is 4.53. The van der Waals surface area contributed by atoms with Gasteiger partial charge in [-0.3, -0.25) is 9.69 Å². The lowest BCUT2D eigenvalue weighted by Gasteiger charge is -2.47. The number of fused-ring (bicyclic) bond motifs is 2. The van der Waals surface area contributed by atoms with Crippen LogP contribution in [0.1, 0.15) is 62.4 Å². The minimum absolute atomic E-state index is 0.000818. The second-order valence-corrected chi connectivity index (χ2v) is 11.2. The smallest absolute Gasteiger partial charge is 0.410 e. The van der Waals surface area contributed by atoms with Gasteiger partial charge in [0.05, 0.1) is 16.3 Å². The first kappa shape index (κ1) is 19.5. The molecule has 7 heteroatoms. The molecule has 6 atom stereocenters. The second-order valence-electron chi connectivity index (χ2n) is 10.2. The predicted octanol–water partition coefficient (Wildman–Crippen LogP) is 4.64. The van der Waals surface area contributed by atoms with Gasteiger partial charge in [0, 0.05) is 12.0 Å². The molecule has 0 spiro atoms. The molecule has 1 saturated heterocycles. The average Bonchev–Trinajstić information content (AvgIpc) is 3.36. The number of primary amides is 1. The molecule has 1 aliphatic heterocycles. The molecule has 164 valence electrons. The Bertz CT molecular complexity index is 1010. The van der Waals surface area contributed by atoms with Gasteiger partial charge < -0.3 is 10.5 Å². The number of carbonyl (C=O) groups excluding carboxylic acids is 2. The van der Waals surface area contributed by atoms with Crippen LogP contribution in [0.5, 0.6) is 0 Å². The standard InChI is InChI=1S/C24H29N3O3S/c25-22(28)24-8-7-15-10-14(12-24)11-16(13-24)20(15)30-23(29)27-9-3-5-18(27)21-26-17-4-1-2-6-19(17)31-21/h1-2,4,6,14-16,18,20H,3,5,7-13H2,(H2,25,28). The maximum absolute atomic E-state index is 13.4. The van der Waals surface area contributed by atoms with Crippen molar-refractivity contribution in [1.29, 1.82) is 0 Å². The van der Waals surface area contributed by atoms with Crippen molar-refractivity contribution in [3.8, 4) is 0 Å². The van der Waals surface area contributed by atoms with E-state index in [2.05, 4.69) is 6.07 Å². The number of rotatable bonds is 3. The molecule has 31 heavy (non-hydrogen) atoms. The number of amides is 2. The number of likely N-dealkylation sites (tertiary alicyclic amines) is 1. The quantitative estimate of drug-likeness (QED) is 0.755. The Morgan fingerprint density at radius 1 is 1.16 bits per heavy atom. The molecule has 2 N–H and O–H groups in total. The summed E-state index contributed by atoms with van der Waals surface area (Å²) < 4.78 is 7.41. The summed E-state index contributed by atoms with van der Waals surface area (Å²) in [5, 5.41) is 1.01. The van der Waals surface area contributed by atoms with E-state index in [1.54, 1.807) is 11.3 Å². The van der Waals surface area contributed by atoms with Gasteiger partial charge in [-0.05, 0) is 81.3 Å². The number of para-hydroxylation sites is 1. The Labute approximate surface area is 186 Å². The van der Waals surface area contributed by atoms with Crippen LogP contribution >= 0.6 is 11.3 Å². The molecule has 6 nitrogen and oxygen atoms in total. The Morgan fingerprint density at radius 2 is 2.00 bits per heavy atom. The van der Waals surface area contributed by atoms with Gasteiger partial charge in [-0.1, -0.05) is 12.1 Å². The minimum atomic E-state index is -0.374. The first-order valence-corrected chi connectivity index (χ1v) is 12.5. The van der Waals surface area contributed by atoms with Crippen LogP contribution in [0.4, 0.5) is 4.79 Å². The van der Waals surface area contributed by atoms with Crippen LogP contribution in [0, 0.1) is 23.2 Å². The summed E-state index contributed by atoms with van der Waals surface area (Å²) in [5.41, 5.74) is 6.48. The lowest BCUT2D eigenvalue weighted by Crippen LogP contribution is -2.49. The molecule has 4 aliphatic carbocycles. The van der Waals surface area contributed by atoms with E-state index in [0.29, 0.717) is 11.8 Å². The van der Waals surface area contributed by atoms with Crippen LogP contribution in [0.15, 0.2) is 24.3 Å². The zero-order chi connectivity index (χ0) is 21.2. The fraction of sp³-hybridized carbons (Fsp3) is 0.625. The maximum atomic E-state index is 13.4. The minimum Gasteiger partial charge on any atom is -0.445 e. The van der Waals surface area contributed by atoms with Crippen molar-refractivity contribution < 1.29 is 14.3 Å². The molecule has 2 amide bonds. The van der Waals surface area contributed by atoms with Crippen LogP contribution in [0.2, 0.25) is 0 Å². The van der Waals surface area contributed by atoms with E-state index in [1.165, 1.54) is 0 Å². The molecule has 1 aromatic carbocycles. The summed E-state index contributed by atoms with van der Waals surface area (Å²) in [6.45, 7) is 0.718. The summed E-state index contributed by atoms with van der Waals surface area (Å²) in [4.78, 5) is 32.4. The largest absolute Gasteiger partial charge is 0.445 e. The molecule has 5 aliphatic rings. The van der Waals surface area contributed by atoms with Gasteiger partial charge in [-0.2, -0.15) is 0 Å². The van der Waals surface area contributed by atoms with Crippen molar-refractivity contribution >= 4 is 33.6 Å². The van der Waals surface area contributed by atoms with Crippen molar-refractivity contribution in [2.45, 2.75) is 63.5 Å². The van der Waals surface area contributed by atoms with Gasteiger partial charge in [0.15, 0.2) is 0 Å². The summed E-state index contributed by atoms with van der Waals surface area (Å²) in [6.07, 6.45) is 7.25. The van der Waals surface area contributed by atoms with E-state index < -0.39 is 0 Å². The Hall–Kier alpha value is -2.15. The monoisotopic (exact) mass is 439 g/mol. The number of carbonyl (C=O) groups is 2. The molecule has 6 unspecified atom stereocenters. The number of nitrogens with two attached hydrogens (primary N) is 1. The van der Waals surface area contributed by atoms with Gasteiger partial charge in [0.1, 0.15) is 11.1 Å². The van der Waals surface area contributed by atoms with Crippen LogP contribution in [-0.4, -0.2) is 34.5 Å². The molecular formula is C24H29N3O3S. The zero-order valence-electron chi connectivity index (χ0n) is 17.7. The Balaban J connectivity index is 1.22. The highest BCUT2D eigenvalue weighted by Gasteiger charge is 2.55. The third-order valence-electron chi connectivity index (χ3n) is 8.37. The lowest BCUT2D eigenvalue weighted by molar-refractivity contribution is -0.134. The number of hydrogen-bond acceptors (Lipinski definition) is 5. The topological polar surface area (TPSA) is 85.5 Å². The van der Waals surface area contributed by atoms with E-state index in [-0.39, 0.29) is 35.5 Å². The highest BCUT2D eigenvalue weighted by Crippen LogP contribution is 2.58. The molecule has 2 heterocycles. The van der Waals surface area contributed by atoms with Gasteiger partial charge in [0.25, 0.3) is 0 Å². The van der Waals surface area contributed by atoms with Crippen LogP contribution in [-0.2, 0) is 9.53 Å². The number of nitrogens with zero attached hydrogens (tertiary/aromatic N) is 2. The predicted molar refractivity (Wildman–Crippen MR) is 118 cm³/mol. The molecule has 5 fully saturated rings. The van der Waals surface area contributed by atoms with E-state index in [4.69, 9.17) is 15.5 Å². The Morgan fingerprint density at radius 3 is 2.84 bits per heavy atom. The van der Waals surface area contributed by atoms with Gasteiger partial charge in [0.2, 0.25) is 5.91 Å². The van der Waals surface area contributed by atoms with E-state index >= 15 is 0 Å². The number of benzene rings is 1. The first-order chi connectivity index (χ1) is 15.0. The van der Waals surface area contributed by atoms with Crippen molar-refractivity contribution in [2.75, 3.05) is 6.54 Å². The average molecular weight is 440 g/mol. The van der Waals surface area contributed by atoms with Gasteiger partial charge in [-0.25, -0.2) is 9.78 Å². The summed E-state index contributed by atoms with van der Waals surface area (Å²) >= 11 is 1.68. The van der Waals surface area contributed by atoms with Crippen molar-refractivity contribution in [3.63, 3.8) is 0 Å². The first-order valence-electron chi connectivity index (χ1n) is 11.6. The molecule has 7 rings (SSSR count). The van der Waals surface area contributed by atoms with E-state index in [1.807, 2.05) is 23.1 Å². The summed E-state index contributed by atoms with van der Waals surface area (Å²) in [6, 6.07) is 8.14. The van der Waals surface area contributed by atoms with Gasteiger partial charge in [-0.15, -0.1) is 11.3 Å². The van der Waals surface area contributed by atoms with Crippen LogP contribution < -0.4 is 5.73 Å². The maximum Gasteiger partial charge on any atom is 0.410 e. The fourth-order valence-electron chi connectivity index (χ4n) is 7.03. The highest BCUT2D eigenvalue weighted by atomic mass is 32.1. The fourth-order valence-corrected chi connectivity index (χ4v) is 8.15. The van der Waals surface area contributed by atoms with Crippen molar-refractivity contribution in [2.24, 2.45) is 28.9 Å².